The fourth-order valence-electron chi connectivity index (χ4n) is 2.64. The number of hydrogen-bond acceptors (Lipinski definition) is 4. The molecule has 2 saturated heterocycles. The van der Waals surface area contributed by atoms with E-state index < -0.39 is 23.5 Å². The number of hydrogen-bond donors (Lipinski definition) is 2. The van der Waals surface area contributed by atoms with Crippen molar-refractivity contribution in [1.29, 1.82) is 0 Å². The van der Waals surface area contributed by atoms with Gasteiger partial charge < -0.3 is 24.8 Å². The van der Waals surface area contributed by atoms with Crippen LogP contribution in [-0.2, 0) is 14.3 Å². The number of carboxylic acid groups (broad SMARTS) is 1. The fraction of sp³-hybridized carbons (Fsp3) is 0.846. The number of amides is 2. The molecular weight excluding hydrogens is 264 g/mol. The zero-order valence-electron chi connectivity index (χ0n) is 12.1. The SMILES string of the molecule is CC1OCCC1(C)NC(=O)N(C)C1COCC1C(=O)O. The molecule has 2 aliphatic heterocycles. The van der Waals surface area contributed by atoms with Gasteiger partial charge in [0, 0.05) is 13.7 Å². The first-order chi connectivity index (χ1) is 9.35. The van der Waals surface area contributed by atoms with Gasteiger partial charge in [0.25, 0.3) is 0 Å². The van der Waals surface area contributed by atoms with Crippen LogP contribution in [0.5, 0.6) is 0 Å². The van der Waals surface area contributed by atoms with Crippen LogP contribution < -0.4 is 5.32 Å². The predicted molar refractivity (Wildman–Crippen MR) is 70.5 cm³/mol. The third kappa shape index (κ3) is 2.73. The van der Waals surface area contributed by atoms with Crippen LogP contribution in [0.15, 0.2) is 0 Å². The third-order valence-corrected chi connectivity index (χ3v) is 4.46. The summed E-state index contributed by atoms with van der Waals surface area (Å²) in [7, 11) is 1.61. The zero-order chi connectivity index (χ0) is 14.9. The van der Waals surface area contributed by atoms with E-state index in [9.17, 15) is 9.59 Å². The van der Waals surface area contributed by atoms with E-state index in [0.29, 0.717) is 6.61 Å². The first-order valence-electron chi connectivity index (χ1n) is 6.82. The number of carboxylic acids is 1. The Morgan fingerprint density at radius 3 is 2.65 bits per heavy atom. The fourth-order valence-corrected chi connectivity index (χ4v) is 2.64. The number of carbonyl (C=O) groups excluding carboxylic acids is 1. The third-order valence-electron chi connectivity index (χ3n) is 4.46. The molecule has 2 fully saturated rings. The topological polar surface area (TPSA) is 88.1 Å². The molecule has 2 heterocycles. The minimum atomic E-state index is -0.934. The molecule has 0 radical (unpaired) electrons. The van der Waals surface area contributed by atoms with Gasteiger partial charge in [-0.2, -0.15) is 0 Å². The Morgan fingerprint density at radius 2 is 2.10 bits per heavy atom. The van der Waals surface area contributed by atoms with Gasteiger partial charge in [-0.15, -0.1) is 0 Å². The summed E-state index contributed by atoms with van der Waals surface area (Å²) < 4.78 is 10.7. The Kier molecular flexibility index (Phi) is 4.19. The molecule has 2 aliphatic rings. The Hall–Kier alpha value is -1.34. The molecule has 7 heteroatoms. The lowest BCUT2D eigenvalue weighted by Crippen LogP contribution is -2.57. The number of urea groups is 1. The van der Waals surface area contributed by atoms with Crippen LogP contribution in [-0.4, -0.2) is 66.6 Å². The van der Waals surface area contributed by atoms with Crippen LogP contribution in [0.3, 0.4) is 0 Å². The lowest BCUT2D eigenvalue weighted by Gasteiger charge is -2.34. The molecule has 0 bridgehead atoms. The van der Waals surface area contributed by atoms with Crippen molar-refractivity contribution in [2.45, 2.75) is 38.0 Å². The van der Waals surface area contributed by atoms with Gasteiger partial charge in [0.1, 0.15) is 5.92 Å². The van der Waals surface area contributed by atoms with E-state index >= 15 is 0 Å². The van der Waals surface area contributed by atoms with Crippen LogP contribution in [0.2, 0.25) is 0 Å². The van der Waals surface area contributed by atoms with Crippen molar-refractivity contribution in [2.75, 3.05) is 26.9 Å². The van der Waals surface area contributed by atoms with Crippen LogP contribution in [0.4, 0.5) is 4.79 Å². The molecule has 0 aliphatic carbocycles. The number of nitrogens with zero attached hydrogens (tertiary/aromatic N) is 1. The van der Waals surface area contributed by atoms with Gasteiger partial charge in [0.2, 0.25) is 0 Å². The van der Waals surface area contributed by atoms with Crippen molar-refractivity contribution in [3.05, 3.63) is 0 Å². The maximum Gasteiger partial charge on any atom is 0.318 e. The van der Waals surface area contributed by atoms with E-state index in [2.05, 4.69) is 5.32 Å². The van der Waals surface area contributed by atoms with E-state index in [4.69, 9.17) is 14.6 Å². The van der Waals surface area contributed by atoms with Gasteiger partial charge in [-0.1, -0.05) is 0 Å². The number of rotatable bonds is 3. The van der Waals surface area contributed by atoms with E-state index in [1.165, 1.54) is 4.90 Å². The lowest BCUT2D eigenvalue weighted by atomic mass is 9.95. The average Bonchev–Trinajstić information content (AvgIpc) is 2.97. The van der Waals surface area contributed by atoms with Crippen molar-refractivity contribution >= 4 is 12.0 Å². The highest BCUT2D eigenvalue weighted by atomic mass is 16.5. The molecule has 2 rings (SSSR count). The van der Waals surface area contributed by atoms with Crippen LogP contribution in [0, 0.1) is 5.92 Å². The maximum atomic E-state index is 12.3. The van der Waals surface area contributed by atoms with Gasteiger partial charge in [-0.25, -0.2) is 4.79 Å². The predicted octanol–water partition coefficient (Wildman–Crippen LogP) is 0.295. The van der Waals surface area contributed by atoms with Crippen molar-refractivity contribution in [3.8, 4) is 0 Å². The monoisotopic (exact) mass is 286 g/mol. The summed E-state index contributed by atoms with van der Waals surface area (Å²) in [6, 6.07) is -0.722. The van der Waals surface area contributed by atoms with Gasteiger partial charge >= 0.3 is 12.0 Å². The minimum Gasteiger partial charge on any atom is -0.481 e. The highest BCUT2D eigenvalue weighted by Crippen LogP contribution is 2.26. The first kappa shape index (κ1) is 15.1. The molecule has 0 aromatic rings. The quantitative estimate of drug-likeness (QED) is 0.779. The molecule has 0 aromatic carbocycles. The Bertz CT molecular complexity index is 402. The van der Waals surface area contributed by atoms with E-state index in [0.717, 1.165) is 6.42 Å². The molecule has 20 heavy (non-hydrogen) atoms. The first-order valence-corrected chi connectivity index (χ1v) is 6.82. The summed E-state index contributed by atoms with van der Waals surface area (Å²) in [4.78, 5) is 24.9. The Morgan fingerprint density at radius 1 is 1.40 bits per heavy atom. The highest BCUT2D eigenvalue weighted by Gasteiger charge is 2.42. The van der Waals surface area contributed by atoms with Crippen molar-refractivity contribution in [2.24, 2.45) is 5.92 Å². The Balaban J connectivity index is 2.00. The number of likely N-dealkylation sites (N-methyl/N-ethyl adjacent to an activating group) is 1. The van der Waals surface area contributed by atoms with Crippen molar-refractivity contribution in [1.82, 2.24) is 10.2 Å². The van der Waals surface area contributed by atoms with Crippen LogP contribution in [0.1, 0.15) is 20.3 Å². The van der Waals surface area contributed by atoms with E-state index in [1.54, 1.807) is 7.05 Å². The molecule has 4 atom stereocenters. The normalized spacial score (nSPS) is 36.9. The summed E-state index contributed by atoms with van der Waals surface area (Å²) in [5.41, 5.74) is -0.413. The number of aliphatic carboxylic acids is 1. The molecule has 0 spiro atoms. The second-order valence-corrected chi connectivity index (χ2v) is 5.77. The maximum absolute atomic E-state index is 12.3. The highest BCUT2D eigenvalue weighted by molar-refractivity contribution is 5.77. The van der Waals surface area contributed by atoms with Crippen molar-refractivity contribution < 1.29 is 24.2 Å². The summed E-state index contributed by atoms with van der Waals surface area (Å²) >= 11 is 0. The summed E-state index contributed by atoms with van der Waals surface area (Å²) in [6.07, 6.45) is 0.687. The second kappa shape index (κ2) is 5.57. The second-order valence-electron chi connectivity index (χ2n) is 5.77. The van der Waals surface area contributed by atoms with Crippen LogP contribution in [0.25, 0.3) is 0 Å². The number of ether oxygens (including phenoxy) is 2. The molecule has 2 N–H and O–H groups in total. The average molecular weight is 286 g/mol. The summed E-state index contributed by atoms with van der Waals surface area (Å²) in [6.45, 7) is 4.88. The molecule has 4 unspecified atom stereocenters. The molecule has 2 amide bonds. The number of nitrogens with one attached hydrogen (secondary N) is 1. The molecule has 114 valence electrons. The molecule has 0 aromatic heterocycles. The van der Waals surface area contributed by atoms with Gasteiger partial charge in [-0.05, 0) is 20.3 Å². The molecular formula is C13H22N2O5. The molecule has 0 saturated carbocycles. The van der Waals surface area contributed by atoms with Crippen LogP contribution >= 0.6 is 0 Å². The Labute approximate surface area is 118 Å². The zero-order valence-corrected chi connectivity index (χ0v) is 12.1. The smallest absolute Gasteiger partial charge is 0.318 e. The van der Waals surface area contributed by atoms with Gasteiger partial charge in [0.05, 0.1) is 30.9 Å². The van der Waals surface area contributed by atoms with Gasteiger partial charge in [-0.3, -0.25) is 4.79 Å². The molecule has 7 nitrogen and oxygen atoms in total. The van der Waals surface area contributed by atoms with Crippen molar-refractivity contribution in [3.63, 3.8) is 0 Å². The summed E-state index contributed by atoms with van der Waals surface area (Å²) in [5, 5.41) is 12.1. The minimum absolute atomic E-state index is 0.0602. The largest absolute Gasteiger partial charge is 0.481 e. The van der Waals surface area contributed by atoms with E-state index in [-0.39, 0.29) is 25.3 Å². The van der Waals surface area contributed by atoms with Gasteiger partial charge in [0.15, 0.2) is 0 Å². The standard InChI is InChI=1S/C13H22N2O5/c1-8-13(2,4-5-20-8)14-12(18)15(3)10-7-19-6-9(10)11(16)17/h8-10H,4-7H2,1-3H3,(H,14,18)(H,16,17). The lowest BCUT2D eigenvalue weighted by molar-refractivity contribution is -0.142. The number of carbonyl (C=O) groups is 2. The summed E-state index contributed by atoms with van der Waals surface area (Å²) in [5.74, 6) is -1.60. The van der Waals surface area contributed by atoms with E-state index in [1.807, 2.05) is 13.8 Å².